The zero-order valence-corrected chi connectivity index (χ0v) is 23.4. The van der Waals surface area contributed by atoms with Crippen molar-refractivity contribution >= 4 is 45.2 Å². The minimum atomic E-state index is -0.531. The van der Waals surface area contributed by atoms with Crippen molar-refractivity contribution < 1.29 is 14.3 Å². The standard InChI is InChI=1S/C32H27N3O3S2/c36-28(35(18-22-10-3-1-4-11-22)19-23-12-5-2-6-13-23)20-38-32(37)25-14-7-8-16-27(25)40-31-29-24-15-9-17-26(24)39-30(29)33-21-34-31/h1-8,10-14,16,21H,9,15,17-20H2. The van der Waals surface area contributed by atoms with Crippen molar-refractivity contribution in [2.75, 3.05) is 6.61 Å². The third-order valence-electron chi connectivity index (χ3n) is 6.89. The van der Waals surface area contributed by atoms with E-state index in [1.54, 1.807) is 34.7 Å². The third-order valence-corrected chi connectivity index (χ3v) is 9.17. The zero-order valence-electron chi connectivity index (χ0n) is 21.8. The van der Waals surface area contributed by atoms with Gasteiger partial charge >= 0.3 is 5.97 Å². The van der Waals surface area contributed by atoms with E-state index in [2.05, 4.69) is 9.97 Å². The molecule has 0 spiro atoms. The monoisotopic (exact) mass is 565 g/mol. The SMILES string of the molecule is O=C(OCC(=O)N(Cc1ccccc1)Cc1ccccc1)c1ccccc1Sc1ncnc2sc3c(c12)CCC3. The van der Waals surface area contributed by atoms with Crippen LogP contribution in [0.3, 0.4) is 0 Å². The minimum absolute atomic E-state index is 0.252. The van der Waals surface area contributed by atoms with Crippen molar-refractivity contribution in [3.05, 3.63) is 118 Å². The summed E-state index contributed by atoms with van der Waals surface area (Å²) in [6.45, 7) is 0.508. The number of hydrogen-bond donors (Lipinski definition) is 0. The summed E-state index contributed by atoms with van der Waals surface area (Å²) in [5.41, 5.74) is 3.77. The Kier molecular flexibility index (Phi) is 7.88. The molecule has 6 rings (SSSR count). The molecule has 5 aromatic rings. The van der Waals surface area contributed by atoms with E-state index >= 15 is 0 Å². The van der Waals surface area contributed by atoms with Gasteiger partial charge in [0.1, 0.15) is 16.2 Å². The summed E-state index contributed by atoms with van der Waals surface area (Å²) < 4.78 is 5.60. The molecule has 0 atom stereocenters. The Hall–Kier alpha value is -4.01. The molecule has 40 heavy (non-hydrogen) atoms. The number of amides is 1. The van der Waals surface area contributed by atoms with Crippen LogP contribution in [0.4, 0.5) is 0 Å². The number of esters is 1. The maximum atomic E-state index is 13.3. The van der Waals surface area contributed by atoms with Crippen LogP contribution in [0, 0.1) is 0 Å². The van der Waals surface area contributed by atoms with Crippen molar-refractivity contribution in [3.63, 3.8) is 0 Å². The largest absolute Gasteiger partial charge is 0.452 e. The number of thiophene rings is 1. The summed E-state index contributed by atoms with van der Waals surface area (Å²) in [4.78, 5) is 40.5. The Morgan fingerprint density at radius 2 is 1.52 bits per heavy atom. The third kappa shape index (κ3) is 5.78. The van der Waals surface area contributed by atoms with Gasteiger partial charge in [0.05, 0.1) is 5.56 Å². The van der Waals surface area contributed by atoms with Crippen LogP contribution in [0.15, 0.2) is 101 Å². The molecule has 0 radical (unpaired) electrons. The fraction of sp³-hybridized carbons (Fsp3) is 0.188. The van der Waals surface area contributed by atoms with Crippen molar-refractivity contribution in [1.82, 2.24) is 14.9 Å². The zero-order chi connectivity index (χ0) is 27.3. The first kappa shape index (κ1) is 26.2. The first-order valence-electron chi connectivity index (χ1n) is 13.2. The van der Waals surface area contributed by atoms with E-state index in [4.69, 9.17) is 4.74 Å². The van der Waals surface area contributed by atoms with Crippen LogP contribution < -0.4 is 0 Å². The van der Waals surface area contributed by atoms with Crippen LogP contribution in [0.1, 0.15) is 38.3 Å². The smallest absolute Gasteiger partial charge is 0.339 e. The van der Waals surface area contributed by atoms with Gasteiger partial charge in [-0.2, -0.15) is 0 Å². The van der Waals surface area contributed by atoms with Gasteiger partial charge in [0.15, 0.2) is 6.61 Å². The number of fused-ring (bicyclic) bond motifs is 3. The molecule has 0 saturated carbocycles. The highest BCUT2D eigenvalue weighted by Crippen LogP contribution is 2.42. The van der Waals surface area contributed by atoms with Gasteiger partial charge in [0.2, 0.25) is 0 Å². The molecular weight excluding hydrogens is 539 g/mol. The van der Waals surface area contributed by atoms with E-state index in [9.17, 15) is 9.59 Å². The van der Waals surface area contributed by atoms with E-state index in [0.29, 0.717) is 18.7 Å². The van der Waals surface area contributed by atoms with Gasteiger partial charge in [-0.25, -0.2) is 14.8 Å². The van der Waals surface area contributed by atoms with Gasteiger partial charge in [-0.3, -0.25) is 4.79 Å². The van der Waals surface area contributed by atoms with Gasteiger partial charge in [-0.1, -0.05) is 84.6 Å². The molecule has 0 N–H and O–H groups in total. The number of carbonyl (C=O) groups excluding carboxylic acids is 2. The first-order valence-corrected chi connectivity index (χ1v) is 14.8. The molecule has 0 aliphatic heterocycles. The second-order valence-corrected chi connectivity index (χ2v) is 11.7. The van der Waals surface area contributed by atoms with E-state index in [1.165, 1.54) is 22.2 Å². The number of aryl methyl sites for hydroxylation is 2. The Bertz CT molecular complexity index is 1610. The molecule has 6 nitrogen and oxygen atoms in total. The predicted molar refractivity (Wildman–Crippen MR) is 157 cm³/mol. The van der Waals surface area contributed by atoms with Gasteiger partial charge in [0.25, 0.3) is 5.91 Å². The Balaban J connectivity index is 1.18. The van der Waals surface area contributed by atoms with E-state index in [1.807, 2.05) is 72.8 Å². The van der Waals surface area contributed by atoms with Crippen LogP contribution in [0.2, 0.25) is 0 Å². The molecule has 1 amide bonds. The number of carbonyl (C=O) groups is 2. The molecule has 200 valence electrons. The maximum Gasteiger partial charge on any atom is 0.339 e. The van der Waals surface area contributed by atoms with E-state index in [0.717, 1.165) is 50.5 Å². The second-order valence-electron chi connectivity index (χ2n) is 9.61. The summed E-state index contributed by atoms with van der Waals surface area (Å²) >= 11 is 3.18. The molecule has 8 heteroatoms. The lowest BCUT2D eigenvalue weighted by atomic mass is 10.1. The quantitative estimate of drug-likeness (QED) is 0.146. The van der Waals surface area contributed by atoms with Gasteiger partial charge < -0.3 is 9.64 Å². The summed E-state index contributed by atoms with van der Waals surface area (Å²) in [7, 11) is 0. The van der Waals surface area contributed by atoms with Crippen LogP contribution >= 0.6 is 23.1 Å². The predicted octanol–water partition coefficient (Wildman–Crippen LogP) is 6.72. The lowest BCUT2D eigenvalue weighted by Crippen LogP contribution is -2.34. The lowest BCUT2D eigenvalue weighted by molar-refractivity contribution is -0.135. The fourth-order valence-electron chi connectivity index (χ4n) is 4.94. The molecule has 0 fully saturated rings. The topological polar surface area (TPSA) is 72.4 Å². The fourth-order valence-corrected chi connectivity index (χ4v) is 7.27. The Labute approximate surface area is 241 Å². The molecule has 0 bridgehead atoms. The maximum absolute atomic E-state index is 13.3. The van der Waals surface area contributed by atoms with Crippen molar-refractivity contribution in [3.8, 4) is 0 Å². The van der Waals surface area contributed by atoms with Crippen LogP contribution in [-0.4, -0.2) is 33.4 Å². The number of nitrogens with zero attached hydrogens (tertiary/aromatic N) is 3. The summed E-state index contributed by atoms with van der Waals surface area (Å²) in [5, 5.41) is 1.94. The molecule has 1 aliphatic rings. The molecule has 1 aliphatic carbocycles. The first-order chi connectivity index (χ1) is 19.7. The molecule has 3 aromatic carbocycles. The molecule has 2 aromatic heterocycles. The van der Waals surface area contributed by atoms with Crippen molar-refractivity contribution in [2.45, 2.75) is 42.3 Å². The number of benzene rings is 3. The minimum Gasteiger partial charge on any atom is -0.452 e. The lowest BCUT2D eigenvalue weighted by Gasteiger charge is -2.23. The summed E-state index contributed by atoms with van der Waals surface area (Å²) in [6, 6.07) is 26.9. The molecular formula is C32H27N3O3S2. The van der Waals surface area contributed by atoms with Gasteiger partial charge in [-0.15, -0.1) is 11.3 Å². The number of hydrogen-bond acceptors (Lipinski definition) is 7. The summed E-state index contributed by atoms with van der Waals surface area (Å²) in [6.07, 6.45) is 4.86. The van der Waals surface area contributed by atoms with Gasteiger partial charge in [0, 0.05) is 28.2 Å². The van der Waals surface area contributed by atoms with Crippen molar-refractivity contribution in [1.29, 1.82) is 0 Å². The average Bonchev–Trinajstić information content (AvgIpc) is 3.59. The highest BCUT2D eigenvalue weighted by atomic mass is 32.2. The van der Waals surface area contributed by atoms with Crippen molar-refractivity contribution in [2.24, 2.45) is 0 Å². The highest BCUT2D eigenvalue weighted by molar-refractivity contribution is 7.99. The Morgan fingerprint density at radius 1 is 0.850 bits per heavy atom. The number of aromatic nitrogens is 2. The van der Waals surface area contributed by atoms with Crippen LogP contribution in [0.5, 0.6) is 0 Å². The average molecular weight is 566 g/mol. The normalized spacial score (nSPS) is 12.3. The molecule has 0 saturated heterocycles. The van der Waals surface area contributed by atoms with E-state index in [-0.39, 0.29) is 12.5 Å². The molecule has 2 heterocycles. The molecule has 0 unspecified atom stereocenters. The highest BCUT2D eigenvalue weighted by Gasteiger charge is 2.24. The summed E-state index contributed by atoms with van der Waals surface area (Å²) in [5.74, 6) is -0.783. The van der Waals surface area contributed by atoms with E-state index < -0.39 is 5.97 Å². The van der Waals surface area contributed by atoms with Crippen LogP contribution in [0.25, 0.3) is 10.2 Å². The van der Waals surface area contributed by atoms with Crippen LogP contribution in [-0.2, 0) is 35.5 Å². The number of rotatable bonds is 9. The Morgan fingerprint density at radius 3 is 2.25 bits per heavy atom. The second kappa shape index (κ2) is 12.0. The number of ether oxygens (including phenoxy) is 1. The van der Waals surface area contributed by atoms with Gasteiger partial charge in [-0.05, 0) is 48.1 Å².